The van der Waals surface area contributed by atoms with Gasteiger partial charge in [0, 0.05) is 25.3 Å². The summed E-state index contributed by atoms with van der Waals surface area (Å²) in [6.07, 6.45) is 0.431. The van der Waals surface area contributed by atoms with E-state index in [9.17, 15) is 14.4 Å². The predicted molar refractivity (Wildman–Crippen MR) is 105 cm³/mol. The van der Waals surface area contributed by atoms with Crippen molar-refractivity contribution in [1.82, 2.24) is 15.1 Å². The van der Waals surface area contributed by atoms with Gasteiger partial charge < -0.3 is 4.90 Å². The van der Waals surface area contributed by atoms with Gasteiger partial charge in [-0.05, 0) is 19.1 Å². The van der Waals surface area contributed by atoms with Gasteiger partial charge in [-0.25, -0.2) is 0 Å². The first-order chi connectivity index (χ1) is 13.4. The van der Waals surface area contributed by atoms with Gasteiger partial charge in [-0.15, -0.1) is 10.2 Å². The molecule has 1 N–H and O–H groups in total. The minimum absolute atomic E-state index is 0.173. The van der Waals surface area contributed by atoms with Crippen molar-refractivity contribution in [2.24, 2.45) is 0 Å². The summed E-state index contributed by atoms with van der Waals surface area (Å²) in [4.78, 5) is 42.3. The topological polar surface area (TPSA) is 95.5 Å². The molecule has 8 nitrogen and oxygen atoms in total. The molecule has 2 aliphatic rings. The van der Waals surface area contributed by atoms with Crippen molar-refractivity contribution in [3.05, 3.63) is 34.8 Å². The zero-order chi connectivity index (χ0) is 20.1. The van der Waals surface area contributed by atoms with E-state index in [-0.39, 0.29) is 30.6 Å². The summed E-state index contributed by atoms with van der Waals surface area (Å²) in [6, 6.07) is 6.93. The van der Waals surface area contributed by atoms with Crippen molar-refractivity contribution in [3.63, 3.8) is 0 Å². The Morgan fingerprint density at radius 1 is 1.29 bits per heavy atom. The lowest BCUT2D eigenvalue weighted by Gasteiger charge is -2.48. The van der Waals surface area contributed by atoms with Crippen molar-refractivity contribution < 1.29 is 14.4 Å². The van der Waals surface area contributed by atoms with Crippen molar-refractivity contribution in [1.29, 1.82) is 0 Å². The maximum absolute atomic E-state index is 13.5. The standard InChI is InChI=1S/C19H21N5O3S/c1-4-23-16(26)12-7-5-6-8-13(12)24-14(25)9-10-19(23,24)17(27)20-18-22-21-15(28-18)11(2)3/h5-8,11H,4,9-10H2,1-3H3,(H,20,22,27)/t19-/m0/s1. The zero-order valence-corrected chi connectivity index (χ0v) is 16.7. The summed E-state index contributed by atoms with van der Waals surface area (Å²) in [5.74, 6) is -0.663. The summed E-state index contributed by atoms with van der Waals surface area (Å²) in [5.41, 5.74) is -0.475. The lowest BCUT2D eigenvalue weighted by Crippen LogP contribution is -2.69. The number of aromatic nitrogens is 2. The average Bonchev–Trinajstić information content (AvgIpc) is 3.28. The highest BCUT2D eigenvalue weighted by molar-refractivity contribution is 7.15. The number of hydrogen-bond donors (Lipinski definition) is 1. The first-order valence-electron chi connectivity index (χ1n) is 9.29. The van der Waals surface area contributed by atoms with Crippen LogP contribution in [0.5, 0.6) is 0 Å². The second-order valence-corrected chi connectivity index (χ2v) is 8.18. The highest BCUT2D eigenvalue weighted by Gasteiger charge is 2.60. The molecule has 1 aromatic carbocycles. The summed E-state index contributed by atoms with van der Waals surface area (Å²) in [5, 5.41) is 12.1. The number of rotatable bonds is 4. The van der Waals surface area contributed by atoms with Gasteiger partial charge in [0.15, 0.2) is 0 Å². The van der Waals surface area contributed by atoms with Gasteiger partial charge >= 0.3 is 0 Å². The molecule has 3 heterocycles. The molecular weight excluding hydrogens is 378 g/mol. The fourth-order valence-electron chi connectivity index (χ4n) is 3.92. The van der Waals surface area contributed by atoms with E-state index in [0.29, 0.717) is 22.9 Å². The molecule has 28 heavy (non-hydrogen) atoms. The van der Waals surface area contributed by atoms with Gasteiger partial charge in [0.25, 0.3) is 11.8 Å². The molecule has 0 aliphatic carbocycles. The van der Waals surface area contributed by atoms with Gasteiger partial charge in [-0.3, -0.25) is 24.6 Å². The number of benzene rings is 1. The van der Waals surface area contributed by atoms with Crippen molar-refractivity contribution in [2.45, 2.75) is 45.2 Å². The van der Waals surface area contributed by atoms with Crippen LogP contribution in [0.15, 0.2) is 24.3 Å². The van der Waals surface area contributed by atoms with Gasteiger partial charge in [0.1, 0.15) is 5.01 Å². The van der Waals surface area contributed by atoms with E-state index in [2.05, 4.69) is 15.5 Å². The molecule has 2 aliphatic heterocycles. The molecule has 3 amide bonds. The zero-order valence-electron chi connectivity index (χ0n) is 15.9. The highest BCUT2D eigenvalue weighted by atomic mass is 32.1. The van der Waals surface area contributed by atoms with E-state index in [0.717, 1.165) is 5.01 Å². The van der Waals surface area contributed by atoms with E-state index in [1.165, 1.54) is 21.1 Å². The molecular formula is C19H21N5O3S. The molecule has 0 unspecified atom stereocenters. The van der Waals surface area contributed by atoms with Crippen LogP contribution in [0.4, 0.5) is 10.8 Å². The maximum atomic E-state index is 13.5. The monoisotopic (exact) mass is 399 g/mol. The Labute approximate surface area is 166 Å². The third-order valence-corrected chi connectivity index (χ3v) is 6.35. The van der Waals surface area contributed by atoms with Crippen LogP contribution in [0.3, 0.4) is 0 Å². The molecule has 1 saturated heterocycles. The van der Waals surface area contributed by atoms with E-state index in [4.69, 9.17) is 0 Å². The Balaban J connectivity index is 1.78. The lowest BCUT2D eigenvalue weighted by atomic mass is 9.95. The minimum Gasteiger partial charge on any atom is -0.307 e. The summed E-state index contributed by atoms with van der Waals surface area (Å²) >= 11 is 1.30. The Morgan fingerprint density at radius 3 is 2.71 bits per heavy atom. The van der Waals surface area contributed by atoms with E-state index >= 15 is 0 Å². The summed E-state index contributed by atoms with van der Waals surface area (Å²) < 4.78 is 0. The molecule has 0 radical (unpaired) electrons. The van der Waals surface area contributed by atoms with Crippen LogP contribution < -0.4 is 10.2 Å². The quantitative estimate of drug-likeness (QED) is 0.853. The van der Waals surface area contributed by atoms with Crippen LogP contribution in [0, 0.1) is 0 Å². The molecule has 0 bridgehead atoms. The Morgan fingerprint density at radius 2 is 2.04 bits per heavy atom. The molecule has 1 atom stereocenters. The summed E-state index contributed by atoms with van der Waals surface area (Å²) in [6.45, 7) is 6.11. The first-order valence-corrected chi connectivity index (χ1v) is 10.1. The minimum atomic E-state index is -1.39. The second-order valence-electron chi connectivity index (χ2n) is 7.17. The number of likely N-dealkylation sites (N-methyl/N-ethyl adjacent to an activating group) is 1. The lowest BCUT2D eigenvalue weighted by molar-refractivity contribution is -0.128. The molecule has 9 heteroatoms. The number of nitrogens with one attached hydrogen (secondary N) is 1. The Bertz CT molecular complexity index is 972. The fourth-order valence-corrected chi connectivity index (χ4v) is 4.66. The molecule has 0 saturated carbocycles. The normalized spacial score (nSPS) is 21.1. The fraction of sp³-hybridized carbons (Fsp3) is 0.421. The Hall–Kier alpha value is -2.81. The molecule has 2 aromatic rings. The third kappa shape index (κ3) is 2.53. The van der Waals surface area contributed by atoms with E-state index < -0.39 is 11.6 Å². The van der Waals surface area contributed by atoms with Gasteiger partial charge in [-0.1, -0.05) is 37.3 Å². The summed E-state index contributed by atoms with van der Waals surface area (Å²) in [7, 11) is 0. The molecule has 0 spiro atoms. The number of fused-ring (bicyclic) bond motifs is 3. The largest absolute Gasteiger partial charge is 0.307 e. The number of amides is 3. The van der Waals surface area contributed by atoms with Crippen LogP contribution in [0.2, 0.25) is 0 Å². The number of carbonyl (C=O) groups excluding carboxylic acids is 3. The smallest absolute Gasteiger partial charge is 0.273 e. The van der Waals surface area contributed by atoms with Crippen LogP contribution in [-0.4, -0.2) is 45.0 Å². The molecule has 146 valence electrons. The van der Waals surface area contributed by atoms with Crippen LogP contribution >= 0.6 is 11.3 Å². The Kier molecular flexibility index (Phi) is 4.41. The molecule has 4 rings (SSSR count). The van der Waals surface area contributed by atoms with Crippen molar-refractivity contribution >= 4 is 39.9 Å². The van der Waals surface area contributed by atoms with Gasteiger partial charge in [0.05, 0.1) is 11.3 Å². The molecule has 1 fully saturated rings. The maximum Gasteiger partial charge on any atom is 0.273 e. The van der Waals surface area contributed by atoms with Gasteiger partial charge in [-0.2, -0.15) is 0 Å². The predicted octanol–water partition coefficient (Wildman–Crippen LogP) is 2.60. The highest BCUT2D eigenvalue weighted by Crippen LogP contribution is 2.45. The number of carbonyl (C=O) groups is 3. The van der Waals surface area contributed by atoms with Crippen molar-refractivity contribution in [2.75, 3.05) is 16.8 Å². The van der Waals surface area contributed by atoms with Crippen LogP contribution in [0.1, 0.15) is 54.9 Å². The van der Waals surface area contributed by atoms with E-state index in [1.807, 2.05) is 20.8 Å². The van der Waals surface area contributed by atoms with E-state index in [1.54, 1.807) is 24.3 Å². The number of anilines is 2. The number of nitrogens with zero attached hydrogens (tertiary/aromatic N) is 4. The average molecular weight is 399 g/mol. The van der Waals surface area contributed by atoms with Crippen LogP contribution in [-0.2, 0) is 9.59 Å². The number of hydrogen-bond acceptors (Lipinski definition) is 6. The van der Waals surface area contributed by atoms with Crippen LogP contribution in [0.25, 0.3) is 0 Å². The SMILES string of the molecule is CCN1C(=O)c2ccccc2N2C(=O)CC[C@]12C(=O)Nc1nnc(C(C)C)s1. The van der Waals surface area contributed by atoms with Crippen molar-refractivity contribution in [3.8, 4) is 0 Å². The number of para-hydroxylation sites is 1. The second kappa shape index (κ2) is 6.66. The van der Waals surface area contributed by atoms with Gasteiger partial charge in [0.2, 0.25) is 16.7 Å². The molecule has 1 aromatic heterocycles. The first kappa shape index (κ1) is 18.5. The third-order valence-electron chi connectivity index (χ3n) is 5.21.